The fraction of sp³-hybridized carbons (Fsp3) is 0.632. The lowest BCUT2D eigenvalue weighted by Gasteiger charge is -2.12. The average molecular weight is 353 g/mol. The molecule has 0 radical (unpaired) electrons. The van der Waals surface area contributed by atoms with Crippen molar-refractivity contribution in [2.45, 2.75) is 70.2 Å². The number of nitrogens with two attached hydrogens (primary N) is 1. The molecule has 0 saturated heterocycles. The first kappa shape index (κ1) is 20.8. The lowest BCUT2D eigenvalue weighted by molar-refractivity contribution is -0.121. The monoisotopic (exact) mass is 352 g/mol. The Labute approximate surface area is 151 Å². The normalized spacial score (nSPS) is 12.0. The molecule has 3 N–H and O–H groups in total. The number of carbonyl (C=O) groups is 1. The third-order valence-electron chi connectivity index (χ3n) is 4.03. The number of carbonyl (C=O) groups excluding carboxylic acids is 1. The Kier molecular flexibility index (Phi) is 10.6. The SMILES string of the molecule is CCCCCCCCC(=O)NCc1ccc(CC(N)S)c(OC)c1. The second-order valence-electron chi connectivity index (χ2n) is 6.21. The predicted molar refractivity (Wildman–Crippen MR) is 103 cm³/mol. The summed E-state index contributed by atoms with van der Waals surface area (Å²) in [5, 5.41) is 2.77. The van der Waals surface area contributed by atoms with Gasteiger partial charge in [0.15, 0.2) is 0 Å². The Balaban J connectivity index is 2.34. The molecule has 24 heavy (non-hydrogen) atoms. The molecule has 136 valence electrons. The van der Waals surface area contributed by atoms with Crippen LogP contribution in [0.15, 0.2) is 18.2 Å². The first-order chi connectivity index (χ1) is 11.6. The van der Waals surface area contributed by atoms with Crippen molar-refractivity contribution in [3.8, 4) is 5.75 Å². The minimum atomic E-state index is -0.207. The highest BCUT2D eigenvalue weighted by Crippen LogP contribution is 2.22. The quantitative estimate of drug-likeness (QED) is 0.304. The molecule has 5 heteroatoms. The van der Waals surface area contributed by atoms with E-state index < -0.39 is 0 Å². The van der Waals surface area contributed by atoms with Crippen molar-refractivity contribution in [1.82, 2.24) is 5.32 Å². The summed E-state index contributed by atoms with van der Waals surface area (Å²) in [6, 6.07) is 5.94. The molecule has 1 amide bonds. The van der Waals surface area contributed by atoms with E-state index in [1.54, 1.807) is 7.11 Å². The zero-order valence-corrected chi connectivity index (χ0v) is 15.9. The molecule has 1 unspecified atom stereocenters. The molecule has 0 bridgehead atoms. The number of hydrogen-bond acceptors (Lipinski definition) is 4. The van der Waals surface area contributed by atoms with Gasteiger partial charge in [-0.2, -0.15) is 12.6 Å². The smallest absolute Gasteiger partial charge is 0.220 e. The van der Waals surface area contributed by atoms with Crippen molar-refractivity contribution >= 4 is 18.5 Å². The van der Waals surface area contributed by atoms with Crippen LogP contribution in [-0.4, -0.2) is 18.4 Å². The molecule has 0 heterocycles. The molecule has 0 spiro atoms. The molecule has 0 aliphatic carbocycles. The first-order valence-corrected chi connectivity index (χ1v) is 9.44. The van der Waals surface area contributed by atoms with Crippen LogP contribution in [0.5, 0.6) is 5.75 Å². The fourth-order valence-electron chi connectivity index (χ4n) is 2.65. The van der Waals surface area contributed by atoms with E-state index in [0.29, 0.717) is 19.4 Å². The molecule has 1 aromatic rings. The Morgan fingerprint density at radius 2 is 1.96 bits per heavy atom. The largest absolute Gasteiger partial charge is 0.496 e. The number of thiol groups is 1. The number of nitrogens with one attached hydrogen (secondary N) is 1. The summed E-state index contributed by atoms with van der Waals surface area (Å²) in [5.74, 6) is 0.910. The number of amides is 1. The van der Waals surface area contributed by atoms with Gasteiger partial charge in [0.1, 0.15) is 5.75 Å². The molecule has 1 aromatic carbocycles. The number of ether oxygens (including phenoxy) is 1. The second kappa shape index (κ2) is 12.2. The van der Waals surface area contributed by atoms with Crippen molar-refractivity contribution in [1.29, 1.82) is 0 Å². The molecule has 4 nitrogen and oxygen atoms in total. The van der Waals surface area contributed by atoms with Crippen molar-refractivity contribution in [2.75, 3.05) is 7.11 Å². The van der Waals surface area contributed by atoms with Crippen molar-refractivity contribution < 1.29 is 9.53 Å². The van der Waals surface area contributed by atoms with Gasteiger partial charge in [-0.3, -0.25) is 4.79 Å². The van der Waals surface area contributed by atoms with Gasteiger partial charge >= 0.3 is 0 Å². The minimum Gasteiger partial charge on any atom is -0.496 e. The summed E-state index contributed by atoms with van der Waals surface area (Å²) in [4.78, 5) is 11.9. The Hall–Kier alpha value is -1.20. The first-order valence-electron chi connectivity index (χ1n) is 8.93. The molecule has 0 aliphatic rings. The van der Waals surface area contributed by atoms with Crippen molar-refractivity contribution in [3.05, 3.63) is 29.3 Å². The van der Waals surface area contributed by atoms with E-state index in [-0.39, 0.29) is 11.3 Å². The zero-order chi connectivity index (χ0) is 17.8. The molecule has 1 rings (SSSR count). The number of unbranched alkanes of at least 4 members (excludes halogenated alkanes) is 5. The van der Waals surface area contributed by atoms with E-state index in [1.165, 1.54) is 25.7 Å². The highest BCUT2D eigenvalue weighted by atomic mass is 32.1. The Morgan fingerprint density at radius 3 is 2.62 bits per heavy atom. The van der Waals surface area contributed by atoms with Crippen LogP contribution in [0.1, 0.15) is 63.0 Å². The van der Waals surface area contributed by atoms with Gasteiger partial charge in [-0.25, -0.2) is 0 Å². The summed E-state index contributed by atoms with van der Waals surface area (Å²) in [6.45, 7) is 2.74. The molecule has 0 saturated carbocycles. The summed E-state index contributed by atoms with van der Waals surface area (Å²) in [6.07, 6.45) is 8.42. The fourth-order valence-corrected chi connectivity index (χ4v) is 2.84. The van der Waals surface area contributed by atoms with Crippen LogP contribution in [0.2, 0.25) is 0 Å². The average Bonchev–Trinajstić information content (AvgIpc) is 2.56. The highest BCUT2D eigenvalue weighted by Gasteiger charge is 2.08. The molecule has 0 aromatic heterocycles. The van der Waals surface area contributed by atoms with Crippen LogP contribution < -0.4 is 15.8 Å². The van der Waals surface area contributed by atoms with Crippen LogP contribution in [0.4, 0.5) is 0 Å². The third-order valence-corrected chi connectivity index (χ3v) is 4.21. The van der Waals surface area contributed by atoms with E-state index in [4.69, 9.17) is 10.5 Å². The van der Waals surface area contributed by atoms with Gasteiger partial charge in [-0.15, -0.1) is 0 Å². The van der Waals surface area contributed by atoms with Crippen molar-refractivity contribution in [3.63, 3.8) is 0 Å². The summed E-state index contributed by atoms with van der Waals surface area (Å²) >= 11 is 4.21. The lowest BCUT2D eigenvalue weighted by Crippen LogP contribution is -2.22. The standard InChI is InChI=1S/C19H32N2O2S/c1-3-4-5-6-7-8-9-19(22)21-14-15-10-11-16(13-18(20)24)17(12-15)23-2/h10-12,18,24H,3-9,13-14,20H2,1-2H3,(H,21,22). The van der Waals surface area contributed by atoms with E-state index in [9.17, 15) is 4.79 Å². The maximum atomic E-state index is 11.9. The van der Waals surface area contributed by atoms with Gasteiger partial charge in [0, 0.05) is 19.4 Å². The Morgan fingerprint density at radius 1 is 1.25 bits per heavy atom. The minimum absolute atomic E-state index is 0.117. The lowest BCUT2D eigenvalue weighted by atomic mass is 10.1. The number of benzene rings is 1. The van der Waals surface area contributed by atoms with Crippen LogP contribution in [0.25, 0.3) is 0 Å². The van der Waals surface area contributed by atoms with Gasteiger partial charge in [-0.05, 0) is 23.6 Å². The number of hydrogen-bond donors (Lipinski definition) is 3. The van der Waals surface area contributed by atoms with Crippen LogP contribution in [-0.2, 0) is 17.8 Å². The highest BCUT2D eigenvalue weighted by molar-refractivity contribution is 7.80. The molecule has 0 aliphatic heterocycles. The number of rotatable bonds is 12. The summed E-state index contributed by atoms with van der Waals surface area (Å²) in [5.41, 5.74) is 7.78. The maximum Gasteiger partial charge on any atom is 0.220 e. The van der Waals surface area contributed by atoms with E-state index in [0.717, 1.165) is 29.7 Å². The van der Waals surface area contributed by atoms with Gasteiger partial charge in [0.2, 0.25) is 5.91 Å². The van der Waals surface area contributed by atoms with Gasteiger partial charge in [-0.1, -0.05) is 51.2 Å². The maximum absolute atomic E-state index is 11.9. The van der Waals surface area contributed by atoms with Crippen LogP contribution in [0.3, 0.4) is 0 Å². The summed E-state index contributed by atoms with van der Waals surface area (Å²) in [7, 11) is 1.64. The molecular weight excluding hydrogens is 320 g/mol. The molecule has 1 atom stereocenters. The second-order valence-corrected chi connectivity index (χ2v) is 6.88. The van der Waals surface area contributed by atoms with E-state index >= 15 is 0 Å². The van der Waals surface area contributed by atoms with Gasteiger partial charge < -0.3 is 15.8 Å². The predicted octanol–water partition coefficient (Wildman–Crippen LogP) is 3.82. The van der Waals surface area contributed by atoms with Gasteiger partial charge in [0.25, 0.3) is 0 Å². The van der Waals surface area contributed by atoms with Crippen LogP contribution in [0, 0.1) is 0 Å². The molecule has 0 fully saturated rings. The third kappa shape index (κ3) is 8.60. The van der Waals surface area contributed by atoms with E-state index in [2.05, 4.69) is 24.9 Å². The molecular formula is C19H32N2O2S. The summed E-state index contributed by atoms with van der Waals surface area (Å²) < 4.78 is 5.40. The zero-order valence-electron chi connectivity index (χ0n) is 15.0. The number of methoxy groups -OCH3 is 1. The topological polar surface area (TPSA) is 64.4 Å². The van der Waals surface area contributed by atoms with Crippen LogP contribution >= 0.6 is 12.6 Å². The van der Waals surface area contributed by atoms with Crippen molar-refractivity contribution in [2.24, 2.45) is 5.73 Å². The van der Waals surface area contributed by atoms with E-state index in [1.807, 2.05) is 18.2 Å². The Bertz CT molecular complexity index is 492. The van der Waals surface area contributed by atoms with Gasteiger partial charge in [0.05, 0.1) is 12.5 Å².